The van der Waals surface area contributed by atoms with Gasteiger partial charge in [-0.25, -0.2) is 4.79 Å². The van der Waals surface area contributed by atoms with Gasteiger partial charge in [-0.3, -0.25) is 14.9 Å². The molecule has 0 aliphatic heterocycles. The van der Waals surface area contributed by atoms with Crippen LogP contribution in [-0.2, 0) is 14.3 Å². The lowest BCUT2D eigenvalue weighted by Crippen LogP contribution is -2.42. The molecule has 0 heterocycles. The second-order valence-corrected chi connectivity index (χ2v) is 5.21. The maximum absolute atomic E-state index is 12.4. The van der Waals surface area contributed by atoms with E-state index in [1.165, 1.54) is 6.92 Å². The van der Waals surface area contributed by atoms with Crippen molar-refractivity contribution in [3.8, 4) is 0 Å². The Bertz CT molecular complexity index is 530. The molecule has 0 aliphatic rings. The molecule has 120 valence electrons. The maximum Gasteiger partial charge on any atom is 0.318 e. The van der Waals surface area contributed by atoms with E-state index in [0.29, 0.717) is 0 Å². The third-order valence-electron chi connectivity index (χ3n) is 3.53. The van der Waals surface area contributed by atoms with Gasteiger partial charge in [0.05, 0.1) is 5.92 Å². The molecule has 3 N–H and O–H groups in total. The van der Waals surface area contributed by atoms with Gasteiger partial charge in [-0.1, -0.05) is 50.6 Å². The number of primary amides is 1. The number of carbonyl (C=O) groups excluding carboxylic acids is 3. The molecule has 1 aromatic carbocycles. The molecule has 1 rings (SSSR count). The number of carbonyl (C=O) groups is 3. The zero-order valence-electron chi connectivity index (χ0n) is 13.0. The highest BCUT2D eigenvalue weighted by Crippen LogP contribution is 2.28. The van der Waals surface area contributed by atoms with E-state index in [2.05, 4.69) is 0 Å². The largest absolute Gasteiger partial charge is 0.452 e. The van der Waals surface area contributed by atoms with Crippen LogP contribution in [0.5, 0.6) is 0 Å². The first-order chi connectivity index (χ1) is 10.4. The highest BCUT2D eigenvalue weighted by atomic mass is 16.5. The molecular weight excluding hydrogens is 284 g/mol. The Morgan fingerprint density at radius 2 is 1.77 bits per heavy atom. The number of nitrogens with two attached hydrogens (primary N) is 1. The topological polar surface area (TPSA) is 98.5 Å². The van der Waals surface area contributed by atoms with Crippen LogP contribution in [0.15, 0.2) is 30.3 Å². The number of imide groups is 1. The van der Waals surface area contributed by atoms with Gasteiger partial charge in [0.25, 0.3) is 5.91 Å². The number of nitrogens with one attached hydrogen (secondary N) is 1. The average molecular weight is 306 g/mol. The first kappa shape index (κ1) is 17.7. The van der Waals surface area contributed by atoms with Crippen molar-refractivity contribution in [1.29, 1.82) is 0 Å². The monoisotopic (exact) mass is 306 g/mol. The van der Waals surface area contributed by atoms with Crippen molar-refractivity contribution in [2.45, 2.75) is 39.2 Å². The number of ether oxygens (including phenoxy) is 1. The molecule has 3 atom stereocenters. The van der Waals surface area contributed by atoms with Crippen molar-refractivity contribution < 1.29 is 19.1 Å². The van der Waals surface area contributed by atoms with Crippen molar-refractivity contribution in [2.24, 2.45) is 11.7 Å². The molecule has 0 saturated carbocycles. The van der Waals surface area contributed by atoms with E-state index >= 15 is 0 Å². The number of amides is 3. The summed E-state index contributed by atoms with van der Waals surface area (Å²) in [6.07, 6.45) is -0.299. The van der Waals surface area contributed by atoms with Gasteiger partial charge in [0.15, 0.2) is 6.10 Å². The zero-order chi connectivity index (χ0) is 16.7. The van der Waals surface area contributed by atoms with Gasteiger partial charge in [0, 0.05) is 0 Å². The number of hydrogen-bond acceptors (Lipinski definition) is 4. The highest BCUT2D eigenvalue weighted by molar-refractivity contribution is 5.96. The summed E-state index contributed by atoms with van der Waals surface area (Å²) in [7, 11) is 0. The summed E-state index contributed by atoms with van der Waals surface area (Å²) in [5, 5.41) is 1.89. The highest BCUT2D eigenvalue weighted by Gasteiger charge is 2.30. The fourth-order valence-electron chi connectivity index (χ4n) is 2.12. The molecule has 0 bridgehead atoms. The van der Waals surface area contributed by atoms with Crippen LogP contribution in [0.4, 0.5) is 4.79 Å². The molecule has 0 aliphatic carbocycles. The first-order valence-corrected chi connectivity index (χ1v) is 7.22. The van der Waals surface area contributed by atoms with E-state index in [9.17, 15) is 14.4 Å². The van der Waals surface area contributed by atoms with Crippen LogP contribution < -0.4 is 11.1 Å². The fourth-order valence-corrected chi connectivity index (χ4v) is 2.12. The molecule has 22 heavy (non-hydrogen) atoms. The van der Waals surface area contributed by atoms with Crippen molar-refractivity contribution in [1.82, 2.24) is 5.32 Å². The summed E-state index contributed by atoms with van der Waals surface area (Å²) >= 11 is 0. The van der Waals surface area contributed by atoms with E-state index in [1.807, 2.05) is 49.5 Å². The van der Waals surface area contributed by atoms with E-state index in [-0.39, 0.29) is 5.92 Å². The summed E-state index contributed by atoms with van der Waals surface area (Å²) < 4.78 is 5.19. The van der Waals surface area contributed by atoms with E-state index in [0.717, 1.165) is 12.0 Å². The van der Waals surface area contributed by atoms with Crippen LogP contribution in [0.3, 0.4) is 0 Å². The Hall–Kier alpha value is -2.37. The van der Waals surface area contributed by atoms with Crippen LogP contribution >= 0.6 is 0 Å². The van der Waals surface area contributed by atoms with Crippen molar-refractivity contribution in [3.05, 3.63) is 35.9 Å². The molecular formula is C16H22N2O4. The summed E-state index contributed by atoms with van der Waals surface area (Å²) in [5.74, 6) is -1.64. The molecule has 0 unspecified atom stereocenters. The van der Waals surface area contributed by atoms with E-state index < -0.39 is 29.9 Å². The zero-order valence-corrected chi connectivity index (χ0v) is 13.0. The summed E-state index contributed by atoms with van der Waals surface area (Å²) in [4.78, 5) is 34.7. The predicted molar refractivity (Wildman–Crippen MR) is 81.9 cm³/mol. The normalized spacial score (nSPS) is 14.5. The number of urea groups is 1. The number of benzene rings is 1. The summed E-state index contributed by atoms with van der Waals surface area (Å²) in [6.45, 7) is 5.33. The third-order valence-corrected chi connectivity index (χ3v) is 3.53. The lowest BCUT2D eigenvalue weighted by molar-refractivity contribution is -0.157. The predicted octanol–water partition coefficient (Wildman–Crippen LogP) is 1.94. The van der Waals surface area contributed by atoms with E-state index in [1.54, 1.807) is 0 Å². The molecule has 6 heteroatoms. The third kappa shape index (κ3) is 4.87. The first-order valence-electron chi connectivity index (χ1n) is 7.22. The Morgan fingerprint density at radius 3 is 2.27 bits per heavy atom. The van der Waals surface area contributed by atoms with E-state index in [4.69, 9.17) is 10.5 Å². The Balaban J connectivity index is 2.85. The number of hydrogen-bond donors (Lipinski definition) is 2. The smallest absolute Gasteiger partial charge is 0.318 e. The van der Waals surface area contributed by atoms with Gasteiger partial charge in [-0.05, 0) is 18.4 Å². The Morgan fingerprint density at radius 1 is 1.18 bits per heavy atom. The van der Waals surface area contributed by atoms with Crippen molar-refractivity contribution in [2.75, 3.05) is 0 Å². The summed E-state index contributed by atoms with van der Waals surface area (Å²) in [5.41, 5.74) is 5.71. The van der Waals surface area contributed by atoms with Crippen LogP contribution in [0, 0.1) is 5.92 Å². The molecule has 0 spiro atoms. The van der Waals surface area contributed by atoms with Crippen molar-refractivity contribution in [3.63, 3.8) is 0 Å². The van der Waals surface area contributed by atoms with Gasteiger partial charge in [0.1, 0.15) is 0 Å². The Labute approximate surface area is 130 Å². The maximum atomic E-state index is 12.4. The van der Waals surface area contributed by atoms with Gasteiger partial charge >= 0.3 is 12.0 Å². The van der Waals surface area contributed by atoms with Gasteiger partial charge < -0.3 is 10.5 Å². The molecule has 1 aromatic rings. The SMILES string of the molecule is CC[C@H](C)[C@@H](C(=O)O[C@@H](C)C(=O)NC(N)=O)c1ccccc1. The minimum absolute atomic E-state index is 0.0568. The number of esters is 1. The lowest BCUT2D eigenvalue weighted by atomic mass is 9.85. The minimum Gasteiger partial charge on any atom is -0.452 e. The van der Waals surface area contributed by atoms with Crippen LogP contribution in [-0.4, -0.2) is 24.0 Å². The van der Waals surface area contributed by atoms with Gasteiger partial charge in [0.2, 0.25) is 0 Å². The second kappa shape index (κ2) is 8.17. The lowest BCUT2D eigenvalue weighted by Gasteiger charge is -2.23. The quantitative estimate of drug-likeness (QED) is 0.785. The molecule has 0 aromatic heterocycles. The summed E-state index contributed by atoms with van der Waals surface area (Å²) in [6, 6.07) is 8.29. The van der Waals surface area contributed by atoms with Crippen LogP contribution in [0.25, 0.3) is 0 Å². The molecule has 6 nitrogen and oxygen atoms in total. The number of rotatable bonds is 6. The standard InChI is InChI=1S/C16H22N2O4/c1-4-10(2)13(12-8-6-5-7-9-12)15(20)22-11(3)14(19)18-16(17)21/h5-11,13H,4H2,1-3H3,(H3,17,18,19,21)/t10-,11-,13+/m0/s1. The molecule has 0 fully saturated rings. The average Bonchev–Trinajstić information content (AvgIpc) is 2.47. The fraction of sp³-hybridized carbons (Fsp3) is 0.438. The molecule has 0 radical (unpaired) electrons. The van der Waals surface area contributed by atoms with Gasteiger partial charge in [-0.2, -0.15) is 0 Å². The van der Waals surface area contributed by atoms with Crippen LogP contribution in [0.1, 0.15) is 38.7 Å². The minimum atomic E-state index is -1.09. The van der Waals surface area contributed by atoms with Gasteiger partial charge in [-0.15, -0.1) is 0 Å². The molecule has 0 saturated heterocycles. The van der Waals surface area contributed by atoms with Crippen molar-refractivity contribution >= 4 is 17.9 Å². The molecule has 3 amide bonds. The van der Waals surface area contributed by atoms with Crippen LogP contribution in [0.2, 0.25) is 0 Å². The Kier molecular flexibility index (Phi) is 6.56. The second-order valence-electron chi connectivity index (χ2n) is 5.21.